The molecule has 0 spiro atoms. The fourth-order valence-electron chi connectivity index (χ4n) is 3.14. The molecule has 0 saturated carbocycles. The van der Waals surface area contributed by atoms with Crippen LogP contribution in [-0.2, 0) is 16.1 Å². The molecule has 1 unspecified atom stereocenters. The van der Waals surface area contributed by atoms with Crippen molar-refractivity contribution in [3.8, 4) is 11.5 Å². The molecule has 0 aromatic heterocycles. The summed E-state index contributed by atoms with van der Waals surface area (Å²) in [5, 5.41) is 5.45. The molecule has 7 nitrogen and oxygen atoms in total. The number of urea groups is 1. The number of amides is 2. The minimum Gasteiger partial charge on any atom is -0.497 e. The van der Waals surface area contributed by atoms with Gasteiger partial charge < -0.3 is 24.8 Å². The van der Waals surface area contributed by atoms with Crippen LogP contribution in [0.15, 0.2) is 59.8 Å². The highest BCUT2D eigenvalue weighted by Crippen LogP contribution is 2.29. The highest BCUT2D eigenvalue weighted by atomic mass is 16.5. The van der Waals surface area contributed by atoms with E-state index in [0.29, 0.717) is 17.9 Å². The van der Waals surface area contributed by atoms with E-state index in [-0.39, 0.29) is 12.6 Å². The Hall–Kier alpha value is -3.48. The molecule has 30 heavy (non-hydrogen) atoms. The van der Waals surface area contributed by atoms with E-state index in [4.69, 9.17) is 14.2 Å². The molecule has 158 valence electrons. The molecule has 1 heterocycles. The minimum absolute atomic E-state index is 0.115. The van der Waals surface area contributed by atoms with Gasteiger partial charge in [-0.15, -0.1) is 0 Å². The zero-order valence-corrected chi connectivity index (χ0v) is 17.4. The molecule has 2 aromatic carbocycles. The first-order valence-electron chi connectivity index (χ1n) is 9.83. The van der Waals surface area contributed by atoms with Crippen LogP contribution in [0, 0.1) is 0 Å². The molecule has 0 aliphatic carbocycles. The molecule has 0 saturated heterocycles. The molecular formula is C23H26N2O5. The zero-order valence-electron chi connectivity index (χ0n) is 17.4. The van der Waals surface area contributed by atoms with Gasteiger partial charge >= 0.3 is 12.0 Å². The smallest absolute Gasteiger partial charge is 0.338 e. The molecule has 2 aromatic rings. The van der Waals surface area contributed by atoms with E-state index in [1.54, 1.807) is 26.2 Å². The van der Waals surface area contributed by atoms with Gasteiger partial charge in [0.05, 0.1) is 25.3 Å². The van der Waals surface area contributed by atoms with Crippen LogP contribution in [0.25, 0.3) is 0 Å². The summed E-state index contributed by atoms with van der Waals surface area (Å²) in [7, 11) is 1.59. The first kappa shape index (κ1) is 21.2. The maximum absolute atomic E-state index is 12.9. The Bertz CT molecular complexity index is 920. The van der Waals surface area contributed by atoms with Crippen molar-refractivity contribution < 1.29 is 23.8 Å². The SMILES string of the molecule is CCCOc1ccc(C2NC(=O)NC(C)=C2C(=O)OCc2ccc(OC)cc2)cc1. The summed E-state index contributed by atoms with van der Waals surface area (Å²) in [5.74, 6) is 0.978. The van der Waals surface area contributed by atoms with Gasteiger partial charge in [0, 0.05) is 5.70 Å². The van der Waals surface area contributed by atoms with Crippen molar-refractivity contribution >= 4 is 12.0 Å². The summed E-state index contributed by atoms with van der Waals surface area (Å²) in [6.07, 6.45) is 0.915. The van der Waals surface area contributed by atoms with E-state index in [0.717, 1.165) is 29.0 Å². The largest absolute Gasteiger partial charge is 0.497 e. The Morgan fingerprint density at radius 1 is 1.03 bits per heavy atom. The first-order chi connectivity index (χ1) is 14.5. The van der Waals surface area contributed by atoms with Crippen molar-refractivity contribution in [3.63, 3.8) is 0 Å². The van der Waals surface area contributed by atoms with E-state index in [1.165, 1.54) is 0 Å². The molecule has 1 aliphatic heterocycles. The number of nitrogens with one attached hydrogen (secondary N) is 2. The van der Waals surface area contributed by atoms with Crippen molar-refractivity contribution in [2.45, 2.75) is 32.9 Å². The quantitative estimate of drug-likeness (QED) is 0.646. The van der Waals surface area contributed by atoms with E-state index >= 15 is 0 Å². The second kappa shape index (κ2) is 9.82. The summed E-state index contributed by atoms with van der Waals surface area (Å²) < 4.78 is 16.3. The molecule has 7 heteroatoms. The van der Waals surface area contributed by atoms with Crippen LogP contribution < -0.4 is 20.1 Å². The molecule has 1 aliphatic rings. The maximum Gasteiger partial charge on any atom is 0.338 e. The topological polar surface area (TPSA) is 85.9 Å². The third-order valence-electron chi connectivity index (χ3n) is 4.70. The number of esters is 1. The Morgan fingerprint density at radius 2 is 1.70 bits per heavy atom. The van der Waals surface area contributed by atoms with Gasteiger partial charge in [-0.1, -0.05) is 31.2 Å². The van der Waals surface area contributed by atoms with Crippen molar-refractivity contribution in [2.24, 2.45) is 0 Å². The first-order valence-corrected chi connectivity index (χ1v) is 9.83. The summed E-state index contributed by atoms with van der Waals surface area (Å²) >= 11 is 0. The average Bonchev–Trinajstić information content (AvgIpc) is 2.76. The lowest BCUT2D eigenvalue weighted by Crippen LogP contribution is -2.45. The van der Waals surface area contributed by atoms with Gasteiger partial charge in [0.15, 0.2) is 0 Å². The van der Waals surface area contributed by atoms with Gasteiger partial charge in [-0.25, -0.2) is 9.59 Å². The van der Waals surface area contributed by atoms with E-state index in [9.17, 15) is 9.59 Å². The molecule has 0 bridgehead atoms. The van der Waals surface area contributed by atoms with Gasteiger partial charge in [-0.05, 0) is 48.7 Å². The molecule has 2 amide bonds. The Morgan fingerprint density at radius 3 is 2.33 bits per heavy atom. The maximum atomic E-state index is 12.9. The predicted octanol–water partition coefficient (Wildman–Crippen LogP) is 3.86. The number of hydrogen-bond acceptors (Lipinski definition) is 5. The van der Waals surface area contributed by atoms with Crippen LogP contribution in [0.3, 0.4) is 0 Å². The summed E-state index contributed by atoms with van der Waals surface area (Å²) in [6.45, 7) is 4.47. The highest BCUT2D eigenvalue weighted by Gasteiger charge is 2.32. The number of rotatable bonds is 8. The van der Waals surface area contributed by atoms with E-state index in [2.05, 4.69) is 10.6 Å². The average molecular weight is 410 g/mol. The van der Waals surface area contributed by atoms with Gasteiger partial charge in [0.25, 0.3) is 0 Å². The van der Waals surface area contributed by atoms with Crippen LogP contribution >= 0.6 is 0 Å². The Balaban J connectivity index is 1.76. The summed E-state index contributed by atoms with van der Waals surface area (Å²) in [5.41, 5.74) is 2.44. The minimum atomic E-state index is -0.609. The van der Waals surface area contributed by atoms with Crippen LogP contribution in [0.5, 0.6) is 11.5 Å². The fourth-order valence-corrected chi connectivity index (χ4v) is 3.14. The standard InChI is InChI=1S/C23H26N2O5/c1-4-13-29-19-11-7-17(8-12-19)21-20(15(2)24-23(27)25-21)22(26)30-14-16-5-9-18(28-3)10-6-16/h5-12,21H,4,13-14H2,1-3H3,(H2,24,25,27). The third kappa shape index (κ3) is 5.11. The highest BCUT2D eigenvalue weighted by molar-refractivity contribution is 5.95. The van der Waals surface area contributed by atoms with Gasteiger partial charge in [-0.2, -0.15) is 0 Å². The number of carbonyl (C=O) groups is 2. The third-order valence-corrected chi connectivity index (χ3v) is 4.70. The van der Waals surface area contributed by atoms with E-state index < -0.39 is 12.0 Å². The van der Waals surface area contributed by atoms with Crippen molar-refractivity contribution in [1.29, 1.82) is 0 Å². The van der Waals surface area contributed by atoms with Gasteiger partial charge in [0.2, 0.25) is 0 Å². The molecule has 0 radical (unpaired) electrons. The molecular weight excluding hydrogens is 384 g/mol. The van der Waals surface area contributed by atoms with Crippen LogP contribution in [0.2, 0.25) is 0 Å². The molecule has 0 fully saturated rings. The van der Waals surface area contributed by atoms with Gasteiger partial charge in [0.1, 0.15) is 18.1 Å². The number of allylic oxidation sites excluding steroid dienone is 1. The van der Waals surface area contributed by atoms with Gasteiger partial charge in [-0.3, -0.25) is 0 Å². The number of methoxy groups -OCH3 is 1. The lowest BCUT2D eigenvalue weighted by Gasteiger charge is -2.28. The fraction of sp³-hybridized carbons (Fsp3) is 0.304. The molecule has 1 atom stereocenters. The number of hydrogen-bond donors (Lipinski definition) is 2. The second-order valence-electron chi connectivity index (χ2n) is 6.91. The zero-order chi connectivity index (χ0) is 21.5. The van der Waals surface area contributed by atoms with E-state index in [1.807, 2.05) is 43.3 Å². The summed E-state index contributed by atoms with van der Waals surface area (Å²) in [6, 6.07) is 13.6. The van der Waals surface area contributed by atoms with Crippen LogP contribution in [0.4, 0.5) is 4.79 Å². The Labute approximate surface area is 176 Å². The predicted molar refractivity (Wildman–Crippen MR) is 112 cm³/mol. The second-order valence-corrected chi connectivity index (χ2v) is 6.91. The Kier molecular flexibility index (Phi) is 6.95. The van der Waals surface area contributed by atoms with Crippen LogP contribution in [0.1, 0.15) is 37.4 Å². The van der Waals surface area contributed by atoms with Crippen molar-refractivity contribution in [3.05, 3.63) is 70.9 Å². The number of ether oxygens (including phenoxy) is 3. The number of benzene rings is 2. The normalized spacial score (nSPS) is 15.8. The molecule has 2 N–H and O–H groups in total. The molecule has 3 rings (SSSR count). The van der Waals surface area contributed by atoms with Crippen LogP contribution in [-0.4, -0.2) is 25.7 Å². The van der Waals surface area contributed by atoms with Crippen molar-refractivity contribution in [2.75, 3.05) is 13.7 Å². The lowest BCUT2D eigenvalue weighted by molar-refractivity contribution is -0.140. The number of carbonyl (C=O) groups excluding carboxylic acids is 2. The monoisotopic (exact) mass is 410 g/mol. The van der Waals surface area contributed by atoms with Crippen molar-refractivity contribution in [1.82, 2.24) is 10.6 Å². The lowest BCUT2D eigenvalue weighted by atomic mass is 9.95. The summed E-state index contributed by atoms with van der Waals surface area (Å²) in [4.78, 5) is 24.9.